The number of hydrogen-bond donors (Lipinski definition) is 3. The van der Waals surface area contributed by atoms with Gasteiger partial charge >= 0.3 is 0 Å². The molecule has 1 unspecified atom stereocenters. The zero-order valence-electron chi connectivity index (χ0n) is 17.5. The van der Waals surface area contributed by atoms with Crippen LogP contribution in [0.1, 0.15) is 91.4 Å². The van der Waals surface area contributed by atoms with Gasteiger partial charge in [-0.2, -0.15) is 0 Å². The molecule has 158 valence electrons. The van der Waals surface area contributed by atoms with Gasteiger partial charge in [0.1, 0.15) is 11.8 Å². The average Bonchev–Trinajstić information content (AvgIpc) is 2.68. The first-order chi connectivity index (χ1) is 13.0. The highest BCUT2D eigenvalue weighted by atomic mass is 16.3. The molecule has 3 N–H and O–H groups in total. The Kier molecular flexibility index (Phi) is 15.8. The Morgan fingerprint density at radius 2 is 1.59 bits per heavy atom. The maximum absolute atomic E-state index is 12.4. The number of nitrogens with one attached hydrogen (secondary N) is 2. The first kappa shape index (κ1) is 25.6. The van der Waals surface area contributed by atoms with Crippen molar-refractivity contribution in [3.8, 4) is 0 Å². The Balaban J connectivity index is 4.18. The largest absolute Gasteiger partial charge is 0.396 e. The van der Waals surface area contributed by atoms with Gasteiger partial charge in [0.25, 0.3) is 0 Å². The van der Waals surface area contributed by atoms with Crippen LogP contribution in [0.5, 0.6) is 0 Å². The van der Waals surface area contributed by atoms with Crippen LogP contribution in [0.2, 0.25) is 0 Å². The number of aliphatic hydroxyl groups is 1. The molecular formula is C21H40N2O4. The number of aliphatic hydroxyl groups excluding tert-OH is 1. The van der Waals surface area contributed by atoms with E-state index in [4.69, 9.17) is 0 Å². The van der Waals surface area contributed by atoms with Crippen molar-refractivity contribution in [2.75, 3.05) is 13.2 Å². The van der Waals surface area contributed by atoms with Crippen LogP contribution in [0.25, 0.3) is 0 Å². The fraction of sp³-hybridized carbons (Fsp3) is 0.857. The SMILES string of the molecule is CCC(=O)CCCCC[C@H](NC(=O)CC)C(=O)NCCCCC(CC)CO. The van der Waals surface area contributed by atoms with E-state index < -0.39 is 6.04 Å². The molecule has 0 aliphatic heterocycles. The van der Waals surface area contributed by atoms with E-state index in [1.807, 2.05) is 6.92 Å². The average molecular weight is 385 g/mol. The van der Waals surface area contributed by atoms with E-state index in [-0.39, 0.29) is 24.2 Å². The fourth-order valence-electron chi connectivity index (χ4n) is 2.91. The lowest BCUT2D eigenvalue weighted by atomic mass is 10.0. The topological polar surface area (TPSA) is 95.5 Å². The molecule has 0 aromatic carbocycles. The summed E-state index contributed by atoms with van der Waals surface area (Å²) in [5, 5.41) is 14.9. The number of carbonyl (C=O) groups is 3. The number of amides is 2. The van der Waals surface area contributed by atoms with E-state index in [0.717, 1.165) is 44.9 Å². The lowest BCUT2D eigenvalue weighted by Gasteiger charge is -2.18. The molecule has 0 aromatic rings. The van der Waals surface area contributed by atoms with Gasteiger partial charge in [-0.15, -0.1) is 0 Å². The Morgan fingerprint density at radius 3 is 2.19 bits per heavy atom. The number of unbranched alkanes of at least 4 members (excludes halogenated alkanes) is 3. The second-order valence-electron chi connectivity index (χ2n) is 7.21. The van der Waals surface area contributed by atoms with Crippen LogP contribution in [0, 0.1) is 5.92 Å². The molecule has 27 heavy (non-hydrogen) atoms. The zero-order valence-corrected chi connectivity index (χ0v) is 17.5. The summed E-state index contributed by atoms with van der Waals surface area (Å²) >= 11 is 0. The molecule has 0 heterocycles. The molecular weight excluding hydrogens is 344 g/mol. The van der Waals surface area contributed by atoms with Crippen LogP contribution in [0.4, 0.5) is 0 Å². The summed E-state index contributed by atoms with van der Waals surface area (Å²) in [6.45, 7) is 6.52. The van der Waals surface area contributed by atoms with Crippen molar-refractivity contribution >= 4 is 17.6 Å². The van der Waals surface area contributed by atoms with E-state index in [9.17, 15) is 19.5 Å². The minimum Gasteiger partial charge on any atom is -0.396 e. The van der Waals surface area contributed by atoms with Gasteiger partial charge in [-0.05, 0) is 31.6 Å². The van der Waals surface area contributed by atoms with Crippen LogP contribution in [-0.2, 0) is 14.4 Å². The Hall–Kier alpha value is -1.43. The number of rotatable bonds is 17. The highest BCUT2D eigenvalue weighted by molar-refractivity contribution is 5.87. The fourth-order valence-corrected chi connectivity index (χ4v) is 2.91. The zero-order chi connectivity index (χ0) is 20.5. The van der Waals surface area contributed by atoms with E-state index in [1.54, 1.807) is 6.92 Å². The molecule has 6 heteroatoms. The summed E-state index contributed by atoms with van der Waals surface area (Å²) < 4.78 is 0. The van der Waals surface area contributed by atoms with Gasteiger partial charge in [-0.1, -0.05) is 46.5 Å². The van der Waals surface area contributed by atoms with Crippen molar-refractivity contribution < 1.29 is 19.5 Å². The molecule has 0 saturated heterocycles. The number of carbonyl (C=O) groups excluding carboxylic acids is 3. The van der Waals surface area contributed by atoms with Gasteiger partial charge in [0.2, 0.25) is 11.8 Å². The summed E-state index contributed by atoms with van der Waals surface area (Å²) in [5.74, 6) is 0.368. The molecule has 0 rings (SSSR count). The molecule has 0 aliphatic rings. The molecule has 0 fully saturated rings. The van der Waals surface area contributed by atoms with Crippen molar-refractivity contribution in [3.05, 3.63) is 0 Å². The number of Topliss-reactive ketones (excluding diaryl/α,β-unsaturated/α-hetero) is 1. The van der Waals surface area contributed by atoms with Gasteiger partial charge in [-0.3, -0.25) is 14.4 Å². The van der Waals surface area contributed by atoms with Crippen LogP contribution in [0.15, 0.2) is 0 Å². The Labute approximate surface area is 164 Å². The molecule has 6 nitrogen and oxygen atoms in total. The summed E-state index contributed by atoms with van der Waals surface area (Å²) in [7, 11) is 0. The van der Waals surface area contributed by atoms with Crippen LogP contribution in [-0.4, -0.2) is 41.9 Å². The third kappa shape index (κ3) is 13.4. The van der Waals surface area contributed by atoms with Crippen molar-refractivity contribution in [1.82, 2.24) is 10.6 Å². The van der Waals surface area contributed by atoms with Crippen molar-refractivity contribution in [1.29, 1.82) is 0 Å². The van der Waals surface area contributed by atoms with Crippen molar-refractivity contribution in [2.24, 2.45) is 5.92 Å². The quantitative estimate of drug-likeness (QED) is 0.336. The second kappa shape index (κ2) is 16.7. The van der Waals surface area contributed by atoms with E-state index in [2.05, 4.69) is 17.6 Å². The molecule has 0 spiro atoms. The molecule has 0 radical (unpaired) electrons. The molecule has 2 amide bonds. The Bertz CT molecular complexity index is 422. The molecule has 0 bridgehead atoms. The van der Waals surface area contributed by atoms with E-state index in [0.29, 0.717) is 38.1 Å². The predicted octanol–water partition coefficient (Wildman–Crippen LogP) is 3.12. The van der Waals surface area contributed by atoms with Crippen molar-refractivity contribution in [2.45, 2.75) is 97.4 Å². The lowest BCUT2D eigenvalue weighted by molar-refractivity contribution is -0.129. The summed E-state index contributed by atoms with van der Waals surface area (Å²) in [4.78, 5) is 35.4. The van der Waals surface area contributed by atoms with Gasteiger partial charge in [0, 0.05) is 32.4 Å². The molecule has 0 saturated carbocycles. The second-order valence-corrected chi connectivity index (χ2v) is 7.21. The summed E-state index contributed by atoms with van der Waals surface area (Å²) in [6.07, 6.45) is 8.45. The van der Waals surface area contributed by atoms with Gasteiger partial charge in [0.05, 0.1) is 0 Å². The minimum absolute atomic E-state index is 0.120. The number of hydrogen-bond acceptors (Lipinski definition) is 4. The first-order valence-corrected chi connectivity index (χ1v) is 10.7. The van der Waals surface area contributed by atoms with Gasteiger partial charge in [0.15, 0.2) is 0 Å². The van der Waals surface area contributed by atoms with E-state index >= 15 is 0 Å². The predicted molar refractivity (Wildman–Crippen MR) is 108 cm³/mol. The van der Waals surface area contributed by atoms with Gasteiger partial charge < -0.3 is 15.7 Å². The lowest BCUT2D eigenvalue weighted by Crippen LogP contribution is -2.46. The maximum Gasteiger partial charge on any atom is 0.242 e. The van der Waals surface area contributed by atoms with Gasteiger partial charge in [-0.25, -0.2) is 0 Å². The van der Waals surface area contributed by atoms with Crippen LogP contribution in [0.3, 0.4) is 0 Å². The highest BCUT2D eigenvalue weighted by Crippen LogP contribution is 2.11. The number of ketones is 1. The molecule has 0 aromatic heterocycles. The minimum atomic E-state index is -0.500. The van der Waals surface area contributed by atoms with E-state index in [1.165, 1.54) is 0 Å². The molecule has 2 atom stereocenters. The third-order valence-corrected chi connectivity index (χ3v) is 4.99. The van der Waals surface area contributed by atoms with Crippen LogP contribution >= 0.6 is 0 Å². The summed E-state index contributed by atoms with van der Waals surface area (Å²) in [6, 6.07) is -0.500. The van der Waals surface area contributed by atoms with Crippen molar-refractivity contribution in [3.63, 3.8) is 0 Å². The maximum atomic E-state index is 12.4. The van der Waals surface area contributed by atoms with Crippen LogP contribution < -0.4 is 10.6 Å². The smallest absolute Gasteiger partial charge is 0.242 e. The highest BCUT2D eigenvalue weighted by Gasteiger charge is 2.19. The molecule has 0 aliphatic carbocycles. The monoisotopic (exact) mass is 384 g/mol. The normalized spacial score (nSPS) is 13.0. The third-order valence-electron chi connectivity index (χ3n) is 4.99. The summed E-state index contributed by atoms with van der Waals surface area (Å²) in [5.41, 5.74) is 0. The first-order valence-electron chi connectivity index (χ1n) is 10.7. The standard InChI is InChI=1S/C21H40N2O4/c1-4-17(16-24)12-10-11-15-22-21(27)19(23-20(26)6-3)14-9-7-8-13-18(25)5-2/h17,19,24H,4-16H2,1-3H3,(H,22,27)(H,23,26)/t17?,19-/m0/s1. The Morgan fingerprint density at radius 1 is 0.889 bits per heavy atom.